The van der Waals surface area contributed by atoms with Gasteiger partial charge in [-0.15, -0.1) is 0 Å². The van der Waals surface area contributed by atoms with E-state index in [4.69, 9.17) is 0 Å². The van der Waals surface area contributed by atoms with Gasteiger partial charge in [-0.1, -0.05) is 36.9 Å². The van der Waals surface area contributed by atoms with Crippen molar-refractivity contribution in [1.82, 2.24) is 4.90 Å². The third kappa shape index (κ3) is 4.49. The zero-order valence-electron chi connectivity index (χ0n) is 9.09. The molecule has 1 aromatic carbocycles. The lowest BCUT2D eigenvalue weighted by molar-refractivity contribution is -0.144. The predicted octanol–water partition coefficient (Wildman–Crippen LogP) is 3.32. The highest BCUT2D eigenvalue weighted by Crippen LogP contribution is 2.17. The molecular formula is C12H14F3N. The summed E-state index contributed by atoms with van der Waals surface area (Å²) in [6.07, 6.45) is -2.45. The maximum atomic E-state index is 12.1. The van der Waals surface area contributed by atoms with Crippen molar-refractivity contribution in [3.8, 4) is 0 Å². The zero-order chi connectivity index (χ0) is 12.2. The average molecular weight is 229 g/mol. The van der Waals surface area contributed by atoms with E-state index in [1.165, 1.54) is 11.9 Å². The van der Waals surface area contributed by atoms with Crippen LogP contribution in [0.15, 0.2) is 30.8 Å². The van der Waals surface area contributed by atoms with Crippen molar-refractivity contribution >= 4 is 6.08 Å². The van der Waals surface area contributed by atoms with Gasteiger partial charge in [0.2, 0.25) is 0 Å². The standard InChI is InChI=1S/C12H14F3N/c1-3-10-4-6-11(7-5-10)8-16(2)9-12(13,14)15/h3-7H,1,8-9H2,2H3. The second kappa shape index (κ2) is 5.16. The lowest BCUT2D eigenvalue weighted by Crippen LogP contribution is -2.30. The van der Waals surface area contributed by atoms with E-state index in [-0.39, 0.29) is 6.54 Å². The molecule has 88 valence electrons. The molecule has 0 spiro atoms. The first-order valence-corrected chi connectivity index (χ1v) is 4.87. The minimum Gasteiger partial charge on any atom is -0.294 e. The van der Waals surface area contributed by atoms with Crippen molar-refractivity contribution < 1.29 is 13.2 Å². The maximum absolute atomic E-state index is 12.1. The van der Waals surface area contributed by atoms with Crippen molar-refractivity contribution in [3.63, 3.8) is 0 Å². The van der Waals surface area contributed by atoms with E-state index in [9.17, 15) is 13.2 Å². The van der Waals surface area contributed by atoms with Crippen LogP contribution in [0.2, 0.25) is 0 Å². The second-order valence-corrected chi connectivity index (χ2v) is 3.73. The van der Waals surface area contributed by atoms with E-state index in [0.717, 1.165) is 11.1 Å². The van der Waals surface area contributed by atoms with Crippen molar-refractivity contribution in [3.05, 3.63) is 42.0 Å². The Morgan fingerprint density at radius 2 is 1.81 bits per heavy atom. The summed E-state index contributed by atoms with van der Waals surface area (Å²) < 4.78 is 36.2. The van der Waals surface area contributed by atoms with Gasteiger partial charge in [0.05, 0.1) is 6.54 Å². The largest absolute Gasteiger partial charge is 0.401 e. The number of benzene rings is 1. The summed E-state index contributed by atoms with van der Waals surface area (Å²) in [6, 6.07) is 7.29. The van der Waals surface area contributed by atoms with E-state index in [1.807, 2.05) is 24.3 Å². The maximum Gasteiger partial charge on any atom is 0.401 e. The van der Waals surface area contributed by atoms with Gasteiger partial charge >= 0.3 is 6.18 Å². The molecule has 0 aliphatic carbocycles. The Morgan fingerprint density at radius 3 is 2.25 bits per heavy atom. The first-order valence-electron chi connectivity index (χ1n) is 4.87. The fourth-order valence-corrected chi connectivity index (χ4v) is 1.43. The van der Waals surface area contributed by atoms with Crippen LogP contribution in [0.25, 0.3) is 6.08 Å². The minimum absolute atomic E-state index is 0.289. The van der Waals surface area contributed by atoms with Crippen LogP contribution in [-0.4, -0.2) is 24.7 Å². The number of nitrogens with zero attached hydrogens (tertiary/aromatic N) is 1. The van der Waals surface area contributed by atoms with Crippen LogP contribution >= 0.6 is 0 Å². The molecule has 0 heterocycles. The molecule has 0 fully saturated rings. The second-order valence-electron chi connectivity index (χ2n) is 3.73. The Kier molecular flexibility index (Phi) is 4.12. The molecule has 0 aromatic heterocycles. The smallest absolute Gasteiger partial charge is 0.294 e. The number of halogens is 3. The molecule has 0 N–H and O–H groups in total. The number of hydrogen-bond donors (Lipinski definition) is 0. The van der Waals surface area contributed by atoms with Gasteiger partial charge in [0, 0.05) is 6.54 Å². The molecule has 0 aliphatic rings. The Hall–Kier alpha value is -1.29. The molecule has 1 aromatic rings. The Labute approximate surface area is 93.2 Å². The monoisotopic (exact) mass is 229 g/mol. The average Bonchev–Trinajstić information content (AvgIpc) is 2.16. The number of alkyl halides is 3. The van der Waals surface area contributed by atoms with Crippen molar-refractivity contribution in [2.75, 3.05) is 13.6 Å². The van der Waals surface area contributed by atoms with Crippen LogP contribution in [0.4, 0.5) is 13.2 Å². The summed E-state index contributed by atoms with van der Waals surface area (Å²) in [6.45, 7) is 3.01. The lowest BCUT2D eigenvalue weighted by atomic mass is 10.1. The molecule has 1 rings (SSSR count). The van der Waals surface area contributed by atoms with Crippen LogP contribution in [0.5, 0.6) is 0 Å². The van der Waals surface area contributed by atoms with Crippen molar-refractivity contribution in [1.29, 1.82) is 0 Å². The third-order valence-corrected chi connectivity index (χ3v) is 2.12. The van der Waals surface area contributed by atoms with Crippen LogP contribution in [0.3, 0.4) is 0 Å². The molecule has 1 nitrogen and oxygen atoms in total. The summed E-state index contributed by atoms with van der Waals surface area (Å²) >= 11 is 0. The summed E-state index contributed by atoms with van der Waals surface area (Å²) in [5.74, 6) is 0. The quantitative estimate of drug-likeness (QED) is 0.765. The van der Waals surface area contributed by atoms with E-state index in [0.29, 0.717) is 0 Å². The summed E-state index contributed by atoms with van der Waals surface area (Å²) in [5, 5.41) is 0. The van der Waals surface area contributed by atoms with Crippen molar-refractivity contribution in [2.24, 2.45) is 0 Å². The van der Waals surface area contributed by atoms with Gasteiger partial charge in [-0.25, -0.2) is 0 Å². The molecule has 0 saturated carbocycles. The van der Waals surface area contributed by atoms with Crippen LogP contribution < -0.4 is 0 Å². The fraction of sp³-hybridized carbons (Fsp3) is 0.333. The normalized spacial score (nSPS) is 11.8. The highest BCUT2D eigenvalue weighted by molar-refractivity contribution is 5.47. The number of rotatable bonds is 4. The van der Waals surface area contributed by atoms with Gasteiger partial charge in [-0.05, 0) is 18.2 Å². The zero-order valence-corrected chi connectivity index (χ0v) is 9.09. The minimum atomic E-state index is -4.14. The Balaban J connectivity index is 2.56. The van der Waals surface area contributed by atoms with E-state index in [1.54, 1.807) is 6.08 Å². The van der Waals surface area contributed by atoms with Gasteiger partial charge in [0.15, 0.2) is 0 Å². The SMILES string of the molecule is C=Cc1ccc(CN(C)CC(F)(F)F)cc1. The molecule has 0 aliphatic heterocycles. The fourth-order valence-electron chi connectivity index (χ4n) is 1.43. The van der Waals surface area contributed by atoms with Gasteiger partial charge in [-0.2, -0.15) is 13.2 Å². The van der Waals surface area contributed by atoms with Crippen LogP contribution in [-0.2, 0) is 6.54 Å². The number of hydrogen-bond acceptors (Lipinski definition) is 1. The Morgan fingerprint density at radius 1 is 1.25 bits per heavy atom. The molecule has 0 bridgehead atoms. The molecular weight excluding hydrogens is 215 g/mol. The predicted molar refractivity (Wildman–Crippen MR) is 58.9 cm³/mol. The van der Waals surface area contributed by atoms with Gasteiger partial charge in [0.25, 0.3) is 0 Å². The molecule has 0 radical (unpaired) electrons. The van der Waals surface area contributed by atoms with E-state index < -0.39 is 12.7 Å². The molecule has 0 atom stereocenters. The first-order chi connectivity index (χ1) is 7.40. The summed E-state index contributed by atoms with van der Waals surface area (Å²) in [5.41, 5.74) is 1.82. The first kappa shape index (κ1) is 12.8. The lowest BCUT2D eigenvalue weighted by Gasteiger charge is -2.18. The van der Waals surface area contributed by atoms with Crippen LogP contribution in [0.1, 0.15) is 11.1 Å². The summed E-state index contributed by atoms with van der Waals surface area (Å²) in [7, 11) is 1.45. The molecule has 16 heavy (non-hydrogen) atoms. The van der Waals surface area contributed by atoms with Gasteiger partial charge in [0.1, 0.15) is 0 Å². The topological polar surface area (TPSA) is 3.24 Å². The van der Waals surface area contributed by atoms with Gasteiger partial charge < -0.3 is 0 Å². The van der Waals surface area contributed by atoms with E-state index in [2.05, 4.69) is 6.58 Å². The third-order valence-electron chi connectivity index (χ3n) is 2.12. The molecule has 0 amide bonds. The highest BCUT2D eigenvalue weighted by atomic mass is 19.4. The molecule has 4 heteroatoms. The van der Waals surface area contributed by atoms with Crippen molar-refractivity contribution in [2.45, 2.75) is 12.7 Å². The van der Waals surface area contributed by atoms with E-state index >= 15 is 0 Å². The molecule has 0 unspecified atom stereocenters. The summed E-state index contributed by atoms with van der Waals surface area (Å²) in [4.78, 5) is 1.24. The van der Waals surface area contributed by atoms with Gasteiger partial charge in [-0.3, -0.25) is 4.90 Å². The molecule has 0 saturated heterocycles. The highest BCUT2D eigenvalue weighted by Gasteiger charge is 2.28. The van der Waals surface area contributed by atoms with Crippen LogP contribution in [0, 0.1) is 0 Å². The Bertz CT molecular complexity index is 340.